The quantitative estimate of drug-likeness (QED) is 0.415. The number of phosphoric acid groups is 1. The lowest BCUT2D eigenvalue weighted by Gasteiger charge is -2.17. The molecule has 0 aromatic carbocycles. The normalized spacial score (nSPS) is 25.0. The van der Waals surface area contributed by atoms with Crippen LogP contribution in [0.15, 0.2) is 21.9 Å². The molecule has 12 heteroatoms. The molecule has 130 valence electrons. The van der Waals surface area contributed by atoms with E-state index in [1.807, 2.05) is 0 Å². The number of aromatic nitrogens is 2. The van der Waals surface area contributed by atoms with Crippen LogP contribution in [0.4, 0.5) is 0 Å². The van der Waals surface area contributed by atoms with Gasteiger partial charge in [-0.2, -0.15) is 0 Å². The molecule has 4 N–H and O–H groups in total. The van der Waals surface area contributed by atoms with Crippen molar-refractivity contribution in [2.24, 2.45) is 0 Å². The van der Waals surface area contributed by atoms with Crippen molar-refractivity contribution in [3.05, 3.63) is 33.1 Å². The van der Waals surface area contributed by atoms with E-state index in [0.29, 0.717) is 0 Å². The van der Waals surface area contributed by atoms with Crippen LogP contribution in [0, 0.1) is 0 Å². The van der Waals surface area contributed by atoms with E-state index in [4.69, 9.17) is 19.6 Å². The first-order valence-corrected chi connectivity index (χ1v) is 8.22. The Balaban J connectivity index is 2.18. The molecule has 1 aromatic rings. The molecule has 1 saturated heterocycles. The van der Waals surface area contributed by atoms with Gasteiger partial charge < -0.3 is 24.7 Å². The molecule has 0 spiro atoms. The third kappa shape index (κ3) is 4.36. The van der Waals surface area contributed by atoms with Crippen LogP contribution in [0.5, 0.6) is 0 Å². The highest BCUT2D eigenvalue weighted by atomic mass is 31.2. The number of aliphatic hydroxyl groups is 2. The molecule has 1 aliphatic heterocycles. The molecule has 0 radical (unpaired) electrons. The minimum Gasteiger partial charge on any atom is -0.395 e. The van der Waals surface area contributed by atoms with Crippen LogP contribution in [0.2, 0.25) is 0 Å². The van der Waals surface area contributed by atoms with Crippen molar-refractivity contribution in [2.45, 2.75) is 31.4 Å². The van der Waals surface area contributed by atoms with E-state index in [0.717, 1.165) is 15.2 Å². The Morgan fingerprint density at radius 2 is 2.09 bits per heavy atom. The number of nitrogens with zero attached hydrogens (tertiary/aromatic N) is 2. The van der Waals surface area contributed by atoms with Crippen LogP contribution in [0.1, 0.15) is 12.6 Å². The molecule has 0 amide bonds. The molecule has 3 unspecified atom stereocenters. The number of phosphoric ester groups is 1. The van der Waals surface area contributed by atoms with E-state index >= 15 is 0 Å². The molecule has 0 aliphatic carbocycles. The molecule has 0 bridgehead atoms. The van der Waals surface area contributed by atoms with E-state index in [9.17, 15) is 19.3 Å². The summed E-state index contributed by atoms with van der Waals surface area (Å²) in [5.41, 5.74) is -1.31. The third-order valence-corrected chi connectivity index (χ3v) is 3.83. The maximum atomic E-state index is 12.2. The second-order valence-electron chi connectivity index (χ2n) is 4.94. The van der Waals surface area contributed by atoms with Gasteiger partial charge in [-0.15, -0.1) is 0 Å². The van der Waals surface area contributed by atoms with Crippen molar-refractivity contribution >= 4 is 7.82 Å². The summed E-state index contributed by atoms with van der Waals surface area (Å²) in [6.45, 7) is -1.13. The molecular formula is C11H17N2O9P. The van der Waals surface area contributed by atoms with E-state index in [-0.39, 0.29) is 13.0 Å². The smallest absolute Gasteiger partial charge is 0.395 e. The Labute approximate surface area is 129 Å². The van der Waals surface area contributed by atoms with Crippen LogP contribution < -0.4 is 11.2 Å². The number of ether oxygens (including phenoxy) is 1. The fourth-order valence-corrected chi connectivity index (χ4v) is 2.60. The predicted molar refractivity (Wildman–Crippen MR) is 74.6 cm³/mol. The zero-order chi connectivity index (χ0) is 17.2. The predicted octanol–water partition coefficient (Wildman–Crippen LogP) is -2.24. The zero-order valence-electron chi connectivity index (χ0n) is 11.9. The van der Waals surface area contributed by atoms with Crippen LogP contribution in [-0.2, 0) is 20.4 Å². The van der Waals surface area contributed by atoms with Gasteiger partial charge in [0.25, 0.3) is 5.56 Å². The average Bonchev–Trinajstić information content (AvgIpc) is 2.81. The highest BCUT2D eigenvalue weighted by Crippen LogP contribution is 2.38. The molecule has 2 heterocycles. The van der Waals surface area contributed by atoms with Gasteiger partial charge in [-0.3, -0.25) is 18.5 Å². The van der Waals surface area contributed by atoms with Crippen molar-refractivity contribution < 1.29 is 33.8 Å². The van der Waals surface area contributed by atoms with Gasteiger partial charge in [0.15, 0.2) is 0 Å². The summed E-state index contributed by atoms with van der Waals surface area (Å²) in [6.07, 6.45) is -1.88. The summed E-state index contributed by atoms with van der Waals surface area (Å²) in [5, 5.41) is 18.7. The minimum absolute atomic E-state index is 0.0214. The maximum Gasteiger partial charge on any atom is 0.469 e. The first kappa shape index (κ1) is 18.0. The SMILES string of the molecule is O=c1ccn(C2CC(O)C(COP(=O)(O)O)O2)c(=O)n1CCO. The summed E-state index contributed by atoms with van der Waals surface area (Å²) in [4.78, 5) is 41.1. The summed E-state index contributed by atoms with van der Waals surface area (Å²) < 4.78 is 22.2. The Bertz CT molecular complexity index is 708. The number of aliphatic hydroxyl groups excluding tert-OH is 2. The fourth-order valence-electron chi connectivity index (χ4n) is 2.26. The second kappa shape index (κ2) is 7.05. The maximum absolute atomic E-state index is 12.2. The van der Waals surface area contributed by atoms with Crippen LogP contribution in [-0.4, -0.2) is 54.6 Å². The lowest BCUT2D eigenvalue weighted by molar-refractivity contribution is -0.0455. The van der Waals surface area contributed by atoms with Gasteiger partial charge in [0.1, 0.15) is 12.3 Å². The number of rotatable bonds is 6. The first-order valence-electron chi connectivity index (χ1n) is 6.69. The Kier molecular flexibility index (Phi) is 5.53. The van der Waals surface area contributed by atoms with Gasteiger partial charge in [-0.1, -0.05) is 0 Å². The summed E-state index contributed by atoms with van der Waals surface area (Å²) in [6, 6.07) is 1.12. The minimum atomic E-state index is -4.70. The Morgan fingerprint density at radius 1 is 1.39 bits per heavy atom. The summed E-state index contributed by atoms with van der Waals surface area (Å²) in [7, 11) is -4.70. The van der Waals surface area contributed by atoms with E-state index < -0.39 is 50.7 Å². The summed E-state index contributed by atoms with van der Waals surface area (Å²) >= 11 is 0. The number of hydrogen-bond donors (Lipinski definition) is 4. The lowest BCUT2D eigenvalue weighted by atomic mass is 10.2. The van der Waals surface area contributed by atoms with Crippen LogP contribution in [0.3, 0.4) is 0 Å². The third-order valence-electron chi connectivity index (χ3n) is 3.34. The van der Waals surface area contributed by atoms with Crippen LogP contribution >= 0.6 is 7.82 Å². The van der Waals surface area contributed by atoms with Crippen molar-refractivity contribution in [3.8, 4) is 0 Å². The molecule has 1 fully saturated rings. The lowest BCUT2D eigenvalue weighted by Crippen LogP contribution is -2.41. The number of hydrogen-bond acceptors (Lipinski definition) is 7. The van der Waals surface area contributed by atoms with Gasteiger partial charge in [-0.25, -0.2) is 9.36 Å². The Morgan fingerprint density at radius 3 is 2.70 bits per heavy atom. The van der Waals surface area contributed by atoms with Gasteiger partial charge in [0, 0.05) is 18.7 Å². The van der Waals surface area contributed by atoms with Crippen molar-refractivity contribution in [2.75, 3.05) is 13.2 Å². The highest BCUT2D eigenvalue weighted by molar-refractivity contribution is 7.46. The first-order chi connectivity index (χ1) is 10.7. The standard InChI is InChI=1S/C11H17N2O9P/c14-4-3-12-9(16)1-2-13(11(12)17)10-5-7(15)8(22-10)6-21-23(18,19)20/h1-2,7-8,10,14-15H,3-6H2,(H2,18,19,20). The molecule has 3 atom stereocenters. The largest absolute Gasteiger partial charge is 0.469 e. The van der Waals surface area contributed by atoms with Gasteiger partial charge in [0.2, 0.25) is 0 Å². The van der Waals surface area contributed by atoms with E-state index in [1.54, 1.807) is 0 Å². The fraction of sp³-hybridized carbons (Fsp3) is 0.636. The van der Waals surface area contributed by atoms with Crippen molar-refractivity contribution in [1.82, 2.24) is 9.13 Å². The molecule has 11 nitrogen and oxygen atoms in total. The van der Waals surface area contributed by atoms with Gasteiger partial charge in [0.05, 0.1) is 25.9 Å². The van der Waals surface area contributed by atoms with Gasteiger partial charge >= 0.3 is 13.5 Å². The molecule has 1 aromatic heterocycles. The molecule has 2 rings (SSSR count). The van der Waals surface area contributed by atoms with Crippen LogP contribution in [0.25, 0.3) is 0 Å². The van der Waals surface area contributed by atoms with Gasteiger partial charge in [-0.05, 0) is 0 Å². The average molecular weight is 352 g/mol. The molecule has 0 saturated carbocycles. The molecule has 1 aliphatic rings. The zero-order valence-corrected chi connectivity index (χ0v) is 12.8. The monoisotopic (exact) mass is 352 g/mol. The van der Waals surface area contributed by atoms with Crippen molar-refractivity contribution in [3.63, 3.8) is 0 Å². The molecule has 23 heavy (non-hydrogen) atoms. The van der Waals surface area contributed by atoms with Crippen molar-refractivity contribution in [1.29, 1.82) is 0 Å². The second-order valence-corrected chi connectivity index (χ2v) is 6.18. The Hall–Kier alpha value is -1.33. The summed E-state index contributed by atoms with van der Waals surface area (Å²) in [5.74, 6) is 0. The molecular weight excluding hydrogens is 335 g/mol. The van der Waals surface area contributed by atoms with E-state index in [1.165, 1.54) is 6.20 Å². The highest BCUT2D eigenvalue weighted by Gasteiger charge is 2.37. The van der Waals surface area contributed by atoms with E-state index in [2.05, 4.69) is 4.52 Å². The topological polar surface area (TPSA) is 160 Å².